The van der Waals surface area contributed by atoms with Crippen LogP contribution in [-0.2, 0) is 21.7 Å². The van der Waals surface area contributed by atoms with Gasteiger partial charge in [0.2, 0.25) is 12.7 Å². The van der Waals surface area contributed by atoms with Crippen molar-refractivity contribution in [1.82, 2.24) is 15.5 Å². The highest BCUT2D eigenvalue weighted by molar-refractivity contribution is 6.09. The lowest BCUT2D eigenvalue weighted by atomic mass is 9.91. The lowest BCUT2D eigenvalue weighted by Gasteiger charge is -2.22. The monoisotopic (exact) mass is 399 g/mol. The number of rotatable bonds is 5. The van der Waals surface area contributed by atoms with Gasteiger partial charge in [-0.25, -0.2) is 9.18 Å². The quantitative estimate of drug-likeness (QED) is 0.745. The van der Waals surface area contributed by atoms with Crippen LogP contribution < -0.4 is 20.1 Å². The summed E-state index contributed by atoms with van der Waals surface area (Å²) in [5, 5.41) is 5.26. The molecule has 1 atom stereocenters. The summed E-state index contributed by atoms with van der Waals surface area (Å²) in [6, 6.07) is 9.97. The molecule has 2 aliphatic rings. The van der Waals surface area contributed by atoms with Crippen molar-refractivity contribution in [3.8, 4) is 11.5 Å². The molecule has 0 radical (unpaired) electrons. The fourth-order valence-corrected chi connectivity index (χ4v) is 3.25. The Bertz CT molecular complexity index is 994. The van der Waals surface area contributed by atoms with Crippen LogP contribution in [-0.4, -0.2) is 36.1 Å². The second-order valence-electron chi connectivity index (χ2n) is 6.92. The second-order valence-corrected chi connectivity index (χ2v) is 6.92. The van der Waals surface area contributed by atoms with Crippen LogP contribution in [0, 0.1) is 5.82 Å². The molecule has 2 aliphatic heterocycles. The third-order valence-corrected chi connectivity index (χ3v) is 4.93. The van der Waals surface area contributed by atoms with E-state index in [1.807, 2.05) is 0 Å². The van der Waals surface area contributed by atoms with Crippen molar-refractivity contribution < 1.29 is 28.2 Å². The van der Waals surface area contributed by atoms with Crippen molar-refractivity contribution in [2.45, 2.75) is 19.0 Å². The van der Waals surface area contributed by atoms with E-state index >= 15 is 0 Å². The molecule has 1 fully saturated rings. The second kappa shape index (κ2) is 7.08. The predicted octanol–water partition coefficient (Wildman–Crippen LogP) is 1.64. The molecule has 4 rings (SSSR count). The van der Waals surface area contributed by atoms with E-state index in [0.29, 0.717) is 22.6 Å². The largest absolute Gasteiger partial charge is 0.454 e. The van der Waals surface area contributed by atoms with E-state index in [-0.39, 0.29) is 19.2 Å². The molecule has 150 valence electrons. The summed E-state index contributed by atoms with van der Waals surface area (Å²) in [4.78, 5) is 38.4. The molecule has 0 aromatic heterocycles. The first-order valence-electron chi connectivity index (χ1n) is 8.92. The molecule has 4 amide bonds. The van der Waals surface area contributed by atoms with Crippen molar-refractivity contribution in [2.24, 2.45) is 0 Å². The van der Waals surface area contributed by atoms with Crippen molar-refractivity contribution in [2.75, 3.05) is 13.3 Å². The third-order valence-electron chi connectivity index (χ3n) is 4.93. The van der Waals surface area contributed by atoms with E-state index in [9.17, 15) is 18.8 Å². The average Bonchev–Trinajstić information content (AvgIpc) is 3.26. The van der Waals surface area contributed by atoms with Gasteiger partial charge in [-0.2, -0.15) is 0 Å². The Morgan fingerprint density at radius 3 is 2.66 bits per heavy atom. The molecule has 0 unspecified atom stereocenters. The first kappa shape index (κ1) is 18.7. The minimum atomic E-state index is -1.32. The van der Waals surface area contributed by atoms with E-state index in [1.54, 1.807) is 37.3 Å². The lowest BCUT2D eigenvalue weighted by molar-refractivity contribution is -0.134. The zero-order chi connectivity index (χ0) is 20.6. The average molecular weight is 399 g/mol. The Morgan fingerprint density at radius 1 is 1.17 bits per heavy atom. The van der Waals surface area contributed by atoms with Gasteiger partial charge in [-0.3, -0.25) is 14.5 Å². The number of hydrogen-bond acceptors (Lipinski definition) is 5. The predicted molar refractivity (Wildman–Crippen MR) is 98.4 cm³/mol. The third kappa shape index (κ3) is 3.46. The number of carbonyl (C=O) groups is 3. The number of halogens is 1. The Balaban J connectivity index is 1.43. The van der Waals surface area contributed by atoms with Crippen molar-refractivity contribution in [3.63, 3.8) is 0 Å². The molecule has 0 spiro atoms. The maximum atomic E-state index is 12.9. The number of amides is 4. The van der Waals surface area contributed by atoms with Crippen LogP contribution in [0.4, 0.5) is 9.18 Å². The summed E-state index contributed by atoms with van der Waals surface area (Å²) >= 11 is 0. The van der Waals surface area contributed by atoms with Crippen molar-refractivity contribution in [3.05, 3.63) is 59.4 Å². The number of nitrogens with zero attached hydrogens (tertiary/aromatic N) is 1. The first-order valence-corrected chi connectivity index (χ1v) is 8.92. The maximum Gasteiger partial charge on any atom is 0.325 e. The van der Waals surface area contributed by atoms with Gasteiger partial charge in [0.05, 0.1) is 0 Å². The summed E-state index contributed by atoms with van der Waals surface area (Å²) in [7, 11) is 0. The zero-order valence-electron chi connectivity index (χ0n) is 15.5. The van der Waals surface area contributed by atoms with Crippen LogP contribution in [0.2, 0.25) is 0 Å². The molecular formula is C20H18FN3O5. The fraction of sp³-hybridized carbons (Fsp3) is 0.250. The Kier molecular flexibility index (Phi) is 4.57. The van der Waals surface area contributed by atoms with Gasteiger partial charge in [-0.1, -0.05) is 18.2 Å². The van der Waals surface area contributed by atoms with E-state index in [0.717, 1.165) is 4.90 Å². The Hall–Kier alpha value is -3.62. The zero-order valence-corrected chi connectivity index (χ0v) is 15.5. The highest BCUT2D eigenvalue weighted by atomic mass is 19.1. The van der Waals surface area contributed by atoms with Gasteiger partial charge >= 0.3 is 6.03 Å². The normalized spacial score (nSPS) is 20.0. The van der Waals surface area contributed by atoms with E-state index in [2.05, 4.69) is 10.6 Å². The van der Waals surface area contributed by atoms with Crippen molar-refractivity contribution >= 4 is 17.8 Å². The molecule has 1 saturated heterocycles. The van der Waals surface area contributed by atoms with Crippen LogP contribution in [0.1, 0.15) is 18.1 Å². The summed E-state index contributed by atoms with van der Waals surface area (Å²) in [6.45, 7) is 1.39. The number of ether oxygens (including phenoxy) is 2. The minimum Gasteiger partial charge on any atom is -0.454 e. The molecule has 0 aliphatic carbocycles. The highest BCUT2D eigenvalue weighted by Crippen LogP contribution is 2.37. The number of nitrogens with one attached hydrogen (secondary N) is 2. The molecule has 0 saturated carbocycles. The van der Waals surface area contributed by atoms with E-state index < -0.39 is 29.9 Å². The number of fused-ring (bicyclic) bond motifs is 1. The van der Waals surface area contributed by atoms with Gasteiger partial charge in [0.1, 0.15) is 17.9 Å². The van der Waals surface area contributed by atoms with Crippen molar-refractivity contribution in [1.29, 1.82) is 0 Å². The highest BCUT2D eigenvalue weighted by Gasteiger charge is 2.49. The fourth-order valence-electron chi connectivity index (χ4n) is 3.25. The maximum absolute atomic E-state index is 12.9. The standard InChI is InChI=1S/C20H18FN3O5/c1-20(13-4-7-15-16(8-13)29-11-28-15)18(26)24(19(27)23-20)10-17(25)22-9-12-2-5-14(21)6-3-12/h2-8H,9-11H2,1H3,(H,22,25)(H,23,27)/t20-/m1/s1. The SMILES string of the molecule is C[C@]1(c2ccc3c(c2)OCO3)NC(=O)N(CC(=O)NCc2ccc(F)cc2)C1=O. The van der Waals surface area contributed by atoms with Crippen LogP contribution in [0.25, 0.3) is 0 Å². The van der Waals surface area contributed by atoms with Gasteiger partial charge in [-0.15, -0.1) is 0 Å². The molecule has 2 aromatic carbocycles. The first-order chi connectivity index (χ1) is 13.9. The number of imide groups is 1. The van der Waals surface area contributed by atoms with Gasteiger partial charge in [0.25, 0.3) is 5.91 Å². The molecule has 9 heteroatoms. The van der Waals surface area contributed by atoms with Crippen LogP contribution >= 0.6 is 0 Å². The summed E-state index contributed by atoms with van der Waals surface area (Å²) < 4.78 is 23.5. The van der Waals surface area contributed by atoms with Gasteiger partial charge in [0, 0.05) is 6.54 Å². The summed E-state index contributed by atoms with van der Waals surface area (Å²) in [6.07, 6.45) is 0. The smallest absolute Gasteiger partial charge is 0.325 e. The number of benzene rings is 2. The molecule has 0 bridgehead atoms. The molecule has 2 N–H and O–H groups in total. The van der Waals surface area contributed by atoms with Crippen LogP contribution in [0.5, 0.6) is 11.5 Å². The van der Waals surface area contributed by atoms with Crippen LogP contribution in [0.15, 0.2) is 42.5 Å². The molecule has 29 heavy (non-hydrogen) atoms. The number of hydrogen-bond donors (Lipinski definition) is 2. The van der Waals surface area contributed by atoms with E-state index in [4.69, 9.17) is 9.47 Å². The van der Waals surface area contributed by atoms with Gasteiger partial charge in [0.15, 0.2) is 11.5 Å². The van der Waals surface area contributed by atoms with Crippen LogP contribution in [0.3, 0.4) is 0 Å². The van der Waals surface area contributed by atoms with Gasteiger partial charge < -0.3 is 20.1 Å². The number of urea groups is 1. The molecule has 2 aromatic rings. The number of carbonyl (C=O) groups excluding carboxylic acids is 3. The van der Waals surface area contributed by atoms with Gasteiger partial charge in [-0.05, 0) is 42.3 Å². The topological polar surface area (TPSA) is 97.0 Å². The Morgan fingerprint density at radius 2 is 1.90 bits per heavy atom. The lowest BCUT2D eigenvalue weighted by Crippen LogP contribution is -2.43. The Labute approximate surface area is 165 Å². The molecule has 8 nitrogen and oxygen atoms in total. The summed E-state index contributed by atoms with van der Waals surface area (Å²) in [5.74, 6) is -0.374. The summed E-state index contributed by atoms with van der Waals surface area (Å²) in [5.41, 5.74) is -0.105. The molecule has 2 heterocycles. The molecular weight excluding hydrogens is 381 g/mol. The minimum absolute atomic E-state index is 0.0934. The van der Waals surface area contributed by atoms with E-state index in [1.165, 1.54) is 12.1 Å².